The summed E-state index contributed by atoms with van der Waals surface area (Å²) in [4.78, 5) is 11.8. The first-order valence-electron chi connectivity index (χ1n) is 10.2. The van der Waals surface area contributed by atoms with Crippen molar-refractivity contribution < 1.29 is 9.53 Å². The lowest BCUT2D eigenvalue weighted by Gasteiger charge is -2.53. The minimum Gasteiger partial charge on any atom is -0.372 e. The first kappa shape index (κ1) is 16.8. The number of fused-ring (bicyclic) bond motifs is 4. The molecular formula is C22H34O2. The zero-order chi connectivity index (χ0) is 17.1. The molecule has 0 amide bonds. The largest absolute Gasteiger partial charge is 0.372 e. The standard InChI is InChI=1S/C22H34O2/c1-21(2,3)24-20-8-7-19-18-13-14-5-6-17(23)12-16(14)11-15(18)9-10-22(19,20)4/h12,14-15,18-20H,5-11,13H2,1-4H3/t14-,15+,18+,19-,20-,22-/m1/s1. The summed E-state index contributed by atoms with van der Waals surface area (Å²) in [5.74, 6) is 3.61. The lowest BCUT2D eigenvalue weighted by Crippen LogP contribution is -2.48. The molecule has 6 atom stereocenters. The number of ether oxygens (including phenoxy) is 1. The van der Waals surface area contributed by atoms with Crippen molar-refractivity contribution in [1.29, 1.82) is 0 Å². The van der Waals surface area contributed by atoms with E-state index in [1.807, 2.05) is 6.08 Å². The first-order chi connectivity index (χ1) is 11.3. The fraction of sp³-hybridized carbons (Fsp3) is 0.864. The Kier molecular flexibility index (Phi) is 3.99. The van der Waals surface area contributed by atoms with Gasteiger partial charge in [0.05, 0.1) is 11.7 Å². The molecule has 24 heavy (non-hydrogen) atoms. The predicted molar refractivity (Wildman–Crippen MR) is 96.7 cm³/mol. The molecule has 4 aliphatic carbocycles. The molecule has 2 heteroatoms. The first-order valence-corrected chi connectivity index (χ1v) is 10.2. The van der Waals surface area contributed by atoms with Crippen LogP contribution in [-0.2, 0) is 9.53 Å². The predicted octanol–water partition coefficient (Wildman–Crippen LogP) is 5.31. The second-order valence-corrected chi connectivity index (χ2v) is 10.2. The van der Waals surface area contributed by atoms with Crippen molar-refractivity contribution in [2.75, 3.05) is 0 Å². The number of hydrogen-bond acceptors (Lipinski definition) is 2. The SMILES string of the molecule is CC(C)(C)O[C@@H]1CC[C@@H]2[C@H]3C[C@H]4CCC(=O)C=C4C[C@@H]3CC[C@]21C. The third-order valence-corrected chi connectivity index (χ3v) is 7.66. The number of carbonyl (C=O) groups is 1. The van der Waals surface area contributed by atoms with Crippen LogP contribution in [0.15, 0.2) is 11.6 Å². The highest BCUT2D eigenvalue weighted by Crippen LogP contribution is 2.62. The summed E-state index contributed by atoms with van der Waals surface area (Å²) in [6.45, 7) is 9.12. The van der Waals surface area contributed by atoms with Crippen molar-refractivity contribution in [3.8, 4) is 0 Å². The van der Waals surface area contributed by atoms with Crippen molar-refractivity contribution in [2.45, 2.75) is 90.8 Å². The molecule has 0 N–H and O–H groups in total. The molecule has 3 fully saturated rings. The van der Waals surface area contributed by atoms with E-state index in [1.54, 1.807) is 0 Å². The maximum atomic E-state index is 11.8. The summed E-state index contributed by atoms with van der Waals surface area (Å²) in [6, 6.07) is 0. The van der Waals surface area contributed by atoms with E-state index in [4.69, 9.17) is 4.74 Å². The summed E-state index contributed by atoms with van der Waals surface area (Å²) in [6.07, 6.45) is 12.1. The van der Waals surface area contributed by atoms with Gasteiger partial charge in [0, 0.05) is 6.42 Å². The summed E-state index contributed by atoms with van der Waals surface area (Å²) < 4.78 is 6.52. The molecule has 134 valence electrons. The van der Waals surface area contributed by atoms with E-state index in [-0.39, 0.29) is 5.60 Å². The molecule has 0 unspecified atom stereocenters. The number of rotatable bonds is 1. The van der Waals surface area contributed by atoms with E-state index < -0.39 is 0 Å². The topological polar surface area (TPSA) is 26.3 Å². The van der Waals surface area contributed by atoms with Gasteiger partial charge in [0.15, 0.2) is 5.78 Å². The fourth-order valence-corrected chi connectivity index (χ4v) is 6.57. The average molecular weight is 331 g/mol. The summed E-state index contributed by atoms with van der Waals surface area (Å²) in [5.41, 5.74) is 1.84. The van der Waals surface area contributed by atoms with Gasteiger partial charge in [-0.25, -0.2) is 0 Å². The molecule has 0 saturated heterocycles. The highest BCUT2D eigenvalue weighted by Gasteiger charge is 2.56. The van der Waals surface area contributed by atoms with Gasteiger partial charge in [0.2, 0.25) is 0 Å². The lowest BCUT2D eigenvalue weighted by molar-refractivity contribution is -0.131. The van der Waals surface area contributed by atoms with E-state index in [2.05, 4.69) is 27.7 Å². The van der Waals surface area contributed by atoms with Crippen LogP contribution in [0.4, 0.5) is 0 Å². The van der Waals surface area contributed by atoms with E-state index in [0.29, 0.717) is 23.2 Å². The number of hydrogen-bond donors (Lipinski definition) is 0. The van der Waals surface area contributed by atoms with E-state index in [9.17, 15) is 4.79 Å². The summed E-state index contributed by atoms with van der Waals surface area (Å²) in [7, 11) is 0. The van der Waals surface area contributed by atoms with Crippen LogP contribution in [0.25, 0.3) is 0 Å². The van der Waals surface area contributed by atoms with Crippen LogP contribution in [0, 0.1) is 29.1 Å². The Hall–Kier alpha value is -0.630. The normalized spacial score (nSPS) is 45.2. The quantitative estimate of drug-likeness (QED) is 0.651. The van der Waals surface area contributed by atoms with Gasteiger partial charge >= 0.3 is 0 Å². The lowest BCUT2D eigenvalue weighted by atomic mass is 9.53. The van der Waals surface area contributed by atoms with Crippen molar-refractivity contribution in [1.82, 2.24) is 0 Å². The second-order valence-electron chi connectivity index (χ2n) is 10.2. The van der Waals surface area contributed by atoms with E-state index >= 15 is 0 Å². The fourth-order valence-electron chi connectivity index (χ4n) is 6.57. The zero-order valence-corrected chi connectivity index (χ0v) is 15.9. The van der Waals surface area contributed by atoms with Gasteiger partial charge in [-0.2, -0.15) is 0 Å². The maximum Gasteiger partial charge on any atom is 0.155 e. The molecule has 0 aromatic rings. The molecule has 0 radical (unpaired) electrons. The third kappa shape index (κ3) is 2.79. The molecule has 3 saturated carbocycles. The Morgan fingerprint density at radius 1 is 1.17 bits per heavy atom. The maximum absolute atomic E-state index is 11.8. The Morgan fingerprint density at radius 3 is 2.71 bits per heavy atom. The van der Waals surface area contributed by atoms with Gasteiger partial charge in [-0.05, 0) is 101 Å². The molecule has 0 aliphatic heterocycles. The van der Waals surface area contributed by atoms with Gasteiger partial charge in [0.25, 0.3) is 0 Å². The van der Waals surface area contributed by atoms with Crippen molar-refractivity contribution in [3.63, 3.8) is 0 Å². The number of carbonyl (C=O) groups excluding carboxylic acids is 1. The van der Waals surface area contributed by atoms with Gasteiger partial charge in [0.1, 0.15) is 0 Å². The molecule has 4 aliphatic rings. The van der Waals surface area contributed by atoms with Crippen molar-refractivity contribution in [3.05, 3.63) is 11.6 Å². The smallest absolute Gasteiger partial charge is 0.155 e. The summed E-state index contributed by atoms with van der Waals surface area (Å²) in [5, 5.41) is 0. The number of allylic oxidation sites excluding steroid dienone is 2. The van der Waals surface area contributed by atoms with Crippen LogP contribution in [0.5, 0.6) is 0 Å². The molecule has 0 bridgehead atoms. The molecule has 2 nitrogen and oxygen atoms in total. The van der Waals surface area contributed by atoms with Crippen molar-refractivity contribution in [2.24, 2.45) is 29.1 Å². The zero-order valence-electron chi connectivity index (χ0n) is 15.9. The molecule has 0 spiro atoms. The Morgan fingerprint density at radius 2 is 1.96 bits per heavy atom. The molecular weight excluding hydrogens is 296 g/mol. The van der Waals surface area contributed by atoms with Crippen LogP contribution >= 0.6 is 0 Å². The van der Waals surface area contributed by atoms with Crippen LogP contribution in [0.1, 0.15) is 79.1 Å². The van der Waals surface area contributed by atoms with Gasteiger partial charge < -0.3 is 4.74 Å². The highest BCUT2D eigenvalue weighted by molar-refractivity contribution is 5.91. The van der Waals surface area contributed by atoms with Gasteiger partial charge in [-0.3, -0.25) is 4.79 Å². The monoisotopic (exact) mass is 330 g/mol. The molecule has 0 aromatic carbocycles. The Balaban J connectivity index is 1.54. The van der Waals surface area contributed by atoms with Crippen LogP contribution in [0.3, 0.4) is 0 Å². The Labute approximate surface area is 147 Å². The minimum absolute atomic E-state index is 0.0361. The van der Waals surface area contributed by atoms with Crippen LogP contribution < -0.4 is 0 Å². The second kappa shape index (κ2) is 5.69. The van der Waals surface area contributed by atoms with Crippen LogP contribution in [0.2, 0.25) is 0 Å². The molecule has 0 aromatic heterocycles. The van der Waals surface area contributed by atoms with Crippen molar-refractivity contribution >= 4 is 5.78 Å². The molecule has 0 heterocycles. The van der Waals surface area contributed by atoms with Gasteiger partial charge in [-0.1, -0.05) is 12.5 Å². The number of ketones is 1. The minimum atomic E-state index is -0.0361. The van der Waals surface area contributed by atoms with E-state index in [0.717, 1.165) is 30.6 Å². The summed E-state index contributed by atoms with van der Waals surface area (Å²) >= 11 is 0. The third-order valence-electron chi connectivity index (χ3n) is 7.66. The van der Waals surface area contributed by atoms with Crippen LogP contribution in [-0.4, -0.2) is 17.5 Å². The Bertz CT molecular complexity index is 555. The van der Waals surface area contributed by atoms with E-state index in [1.165, 1.54) is 44.1 Å². The highest BCUT2D eigenvalue weighted by atomic mass is 16.5. The average Bonchev–Trinajstić information content (AvgIpc) is 2.81. The van der Waals surface area contributed by atoms with Gasteiger partial charge in [-0.15, -0.1) is 0 Å². The molecule has 4 rings (SSSR count).